The van der Waals surface area contributed by atoms with Crippen LogP contribution in [0.5, 0.6) is 0 Å². The van der Waals surface area contributed by atoms with Gasteiger partial charge in [0.25, 0.3) is 0 Å². The van der Waals surface area contributed by atoms with Crippen molar-refractivity contribution < 1.29 is 14.3 Å². The number of nitrogens with zero attached hydrogens (tertiary/aromatic N) is 2. The van der Waals surface area contributed by atoms with Crippen LogP contribution < -0.4 is 0 Å². The SMILES string of the molecule is CC1COC(C#N)CN1C(=O)OC(C)(C)C. The van der Waals surface area contributed by atoms with Crippen molar-refractivity contribution in [1.82, 2.24) is 4.90 Å². The molecule has 2 unspecified atom stereocenters. The van der Waals surface area contributed by atoms with E-state index in [-0.39, 0.29) is 18.7 Å². The Morgan fingerprint density at radius 2 is 2.19 bits per heavy atom. The van der Waals surface area contributed by atoms with Gasteiger partial charge in [0.2, 0.25) is 0 Å². The fourth-order valence-corrected chi connectivity index (χ4v) is 1.41. The molecular weight excluding hydrogens is 208 g/mol. The van der Waals surface area contributed by atoms with Crippen molar-refractivity contribution in [1.29, 1.82) is 5.26 Å². The molecule has 1 fully saturated rings. The molecule has 1 saturated heterocycles. The van der Waals surface area contributed by atoms with Crippen LogP contribution in [0.1, 0.15) is 27.7 Å². The topological polar surface area (TPSA) is 62.6 Å². The molecule has 5 heteroatoms. The molecule has 0 spiro atoms. The fraction of sp³-hybridized carbons (Fsp3) is 0.818. The summed E-state index contributed by atoms with van der Waals surface area (Å²) in [6.45, 7) is 7.97. The third-order valence-electron chi connectivity index (χ3n) is 2.21. The zero-order chi connectivity index (χ0) is 12.3. The van der Waals surface area contributed by atoms with Gasteiger partial charge < -0.3 is 9.47 Å². The minimum Gasteiger partial charge on any atom is -0.444 e. The normalized spacial score (nSPS) is 26.1. The van der Waals surface area contributed by atoms with E-state index < -0.39 is 11.7 Å². The van der Waals surface area contributed by atoms with Crippen LogP contribution in [0.3, 0.4) is 0 Å². The summed E-state index contributed by atoms with van der Waals surface area (Å²) in [5, 5.41) is 8.76. The van der Waals surface area contributed by atoms with Gasteiger partial charge in [0.05, 0.1) is 25.3 Å². The maximum absolute atomic E-state index is 11.8. The molecule has 0 aromatic heterocycles. The Labute approximate surface area is 95.9 Å². The minimum absolute atomic E-state index is 0.0561. The van der Waals surface area contributed by atoms with E-state index in [1.165, 1.54) is 0 Å². The zero-order valence-electron chi connectivity index (χ0n) is 10.2. The summed E-state index contributed by atoms with van der Waals surface area (Å²) in [7, 11) is 0. The molecule has 16 heavy (non-hydrogen) atoms. The van der Waals surface area contributed by atoms with Crippen molar-refractivity contribution in [2.75, 3.05) is 13.2 Å². The third-order valence-corrected chi connectivity index (χ3v) is 2.21. The lowest BCUT2D eigenvalue weighted by atomic mass is 10.2. The monoisotopic (exact) mass is 226 g/mol. The van der Waals surface area contributed by atoms with Crippen molar-refractivity contribution >= 4 is 6.09 Å². The highest BCUT2D eigenvalue weighted by atomic mass is 16.6. The van der Waals surface area contributed by atoms with Crippen LogP contribution in [0.25, 0.3) is 0 Å². The Hall–Kier alpha value is -1.28. The average molecular weight is 226 g/mol. The van der Waals surface area contributed by atoms with Gasteiger partial charge in [-0.3, -0.25) is 4.90 Å². The van der Waals surface area contributed by atoms with Crippen LogP contribution in [0.2, 0.25) is 0 Å². The Balaban J connectivity index is 2.63. The highest BCUT2D eigenvalue weighted by molar-refractivity contribution is 5.68. The number of amides is 1. The van der Waals surface area contributed by atoms with E-state index in [2.05, 4.69) is 0 Å². The van der Waals surface area contributed by atoms with Gasteiger partial charge >= 0.3 is 6.09 Å². The Bertz CT molecular complexity index is 303. The lowest BCUT2D eigenvalue weighted by Gasteiger charge is -2.36. The van der Waals surface area contributed by atoms with Crippen LogP contribution in [0, 0.1) is 11.3 Å². The van der Waals surface area contributed by atoms with E-state index in [1.54, 1.807) is 4.90 Å². The molecule has 5 nitrogen and oxygen atoms in total. The predicted molar refractivity (Wildman–Crippen MR) is 57.8 cm³/mol. The van der Waals surface area contributed by atoms with Gasteiger partial charge in [-0.25, -0.2) is 4.79 Å². The molecule has 90 valence electrons. The quantitative estimate of drug-likeness (QED) is 0.628. The second-order valence-corrected chi connectivity index (χ2v) is 4.93. The Kier molecular flexibility index (Phi) is 3.76. The molecule has 2 atom stereocenters. The van der Waals surface area contributed by atoms with Crippen LogP contribution >= 0.6 is 0 Å². The number of nitriles is 1. The molecule has 1 amide bonds. The number of carbonyl (C=O) groups is 1. The van der Waals surface area contributed by atoms with E-state index in [0.29, 0.717) is 6.61 Å². The molecule has 1 rings (SSSR count). The molecule has 0 radical (unpaired) electrons. The van der Waals surface area contributed by atoms with Crippen LogP contribution in [-0.4, -0.2) is 41.9 Å². The highest BCUT2D eigenvalue weighted by Gasteiger charge is 2.32. The van der Waals surface area contributed by atoms with Crippen molar-refractivity contribution in [2.24, 2.45) is 0 Å². The van der Waals surface area contributed by atoms with Crippen molar-refractivity contribution in [3.63, 3.8) is 0 Å². The maximum atomic E-state index is 11.8. The van der Waals surface area contributed by atoms with E-state index in [1.807, 2.05) is 33.8 Å². The van der Waals surface area contributed by atoms with Crippen LogP contribution in [0.15, 0.2) is 0 Å². The second kappa shape index (κ2) is 4.71. The lowest BCUT2D eigenvalue weighted by molar-refractivity contribution is -0.0473. The molecule has 0 N–H and O–H groups in total. The molecule has 0 aliphatic carbocycles. The molecule has 0 saturated carbocycles. The number of ether oxygens (including phenoxy) is 2. The first-order chi connectivity index (χ1) is 7.33. The number of morpholine rings is 1. The van der Waals surface area contributed by atoms with E-state index in [9.17, 15) is 4.79 Å². The molecular formula is C11H18N2O3. The van der Waals surface area contributed by atoms with E-state index >= 15 is 0 Å². The van der Waals surface area contributed by atoms with Crippen LogP contribution in [-0.2, 0) is 9.47 Å². The average Bonchev–Trinajstić information content (AvgIpc) is 2.15. The molecule has 0 aromatic carbocycles. The maximum Gasteiger partial charge on any atom is 0.410 e. The molecule has 1 aliphatic rings. The van der Waals surface area contributed by atoms with Gasteiger partial charge in [-0.15, -0.1) is 0 Å². The van der Waals surface area contributed by atoms with Gasteiger partial charge in [-0.1, -0.05) is 0 Å². The summed E-state index contributed by atoms with van der Waals surface area (Å²) >= 11 is 0. The fourth-order valence-electron chi connectivity index (χ4n) is 1.41. The van der Waals surface area contributed by atoms with Gasteiger partial charge in [-0.2, -0.15) is 5.26 Å². The zero-order valence-corrected chi connectivity index (χ0v) is 10.2. The number of carbonyl (C=O) groups excluding carboxylic acids is 1. The van der Waals surface area contributed by atoms with Crippen LogP contribution in [0.4, 0.5) is 4.79 Å². The summed E-state index contributed by atoms with van der Waals surface area (Å²) in [6, 6.07) is 1.94. The molecule has 1 heterocycles. The first-order valence-corrected chi connectivity index (χ1v) is 5.34. The largest absolute Gasteiger partial charge is 0.444 e. The van der Waals surface area contributed by atoms with Gasteiger partial charge in [0.15, 0.2) is 6.10 Å². The minimum atomic E-state index is -0.552. The second-order valence-electron chi connectivity index (χ2n) is 4.93. The molecule has 1 aliphatic heterocycles. The van der Waals surface area contributed by atoms with Crippen molar-refractivity contribution in [3.8, 4) is 6.07 Å². The standard InChI is InChI=1S/C11H18N2O3/c1-8-7-15-9(5-12)6-13(8)10(14)16-11(2,3)4/h8-9H,6-7H2,1-4H3. The first kappa shape index (κ1) is 12.8. The van der Waals surface area contributed by atoms with Crippen molar-refractivity contribution in [3.05, 3.63) is 0 Å². The summed E-state index contributed by atoms with van der Waals surface area (Å²) in [5.41, 5.74) is -0.517. The van der Waals surface area contributed by atoms with E-state index in [4.69, 9.17) is 14.7 Å². The molecule has 0 aromatic rings. The smallest absolute Gasteiger partial charge is 0.410 e. The number of hydrogen-bond donors (Lipinski definition) is 0. The summed E-state index contributed by atoms with van der Waals surface area (Å²) in [6.07, 6.45) is -0.938. The number of rotatable bonds is 0. The lowest BCUT2D eigenvalue weighted by Crippen LogP contribution is -2.52. The summed E-state index contributed by atoms with van der Waals surface area (Å²) in [4.78, 5) is 13.4. The number of hydrogen-bond acceptors (Lipinski definition) is 4. The molecule has 0 bridgehead atoms. The van der Waals surface area contributed by atoms with Crippen molar-refractivity contribution in [2.45, 2.75) is 45.4 Å². The summed E-state index contributed by atoms with van der Waals surface area (Å²) < 4.78 is 10.5. The summed E-state index contributed by atoms with van der Waals surface area (Å²) in [5.74, 6) is 0. The van der Waals surface area contributed by atoms with Gasteiger partial charge in [0, 0.05) is 0 Å². The predicted octanol–water partition coefficient (Wildman–Crippen LogP) is 1.53. The highest BCUT2D eigenvalue weighted by Crippen LogP contribution is 2.16. The Morgan fingerprint density at radius 1 is 1.56 bits per heavy atom. The third kappa shape index (κ3) is 3.38. The Morgan fingerprint density at radius 3 is 2.69 bits per heavy atom. The first-order valence-electron chi connectivity index (χ1n) is 5.34. The van der Waals surface area contributed by atoms with Gasteiger partial charge in [0.1, 0.15) is 5.60 Å². The van der Waals surface area contributed by atoms with E-state index in [0.717, 1.165) is 0 Å². The van der Waals surface area contributed by atoms with Gasteiger partial charge in [-0.05, 0) is 27.7 Å².